The first kappa shape index (κ1) is 17.0. The van der Waals surface area contributed by atoms with Gasteiger partial charge in [0, 0.05) is 0 Å². The molecule has 0 N–H and O–H groups in total. The number of halogens is 3. The molecular formula is C16H24F3N. The molecule has 0 aliphatic carbocycles. The predicted molar refractivity (Wildman–Crippen MR) is 77.0 cm³/mol. The molecule has 0 atom stereocenters. The Labute approximate surface area is 119 Å². The minimum atomic E-state index is -4.28. The smallest absolute Gasteiger partial charge is 0.309 e. The standard InChI is InChI=1S/C16H24F3N/c1-15(2,3)13-9-12(7-6-8-20(4)5)10-14(11-13)16(17,18)19/h9-11H,6-8H2,1-5H3. The summed E-state index contributed by atoms with van der Waals surface area (Å²) in [6.45, 7) is 6.69. The van der Waals surface area contributed by atoms with Crippen LogP contribution in [0.1, 0.15) is 43.9 Å². The number of alkyl halides is 3. The molecule has 4 heteroatoms. The highest BCUT2D eigenvalue weighted by atomic mass is 19.4. The molecule has 1 nitrogen and oxygen atoms in total. The summed E-state index contributed by atoms with van der Waals surface area (Å²) in [6, 6.07) is 4.46. The number of nitrogens with zero attached hydrogens (tertiary/aromatic N) is 1. The van der Waals surface area contributed by atoms with Crippen molar-refractivity contribution in [1.29, 1.82) is 0 Å². The van der Waals surface area contributed by atoms with Gasteiger partial charge in [0.05, 0.1) is 5.56 Å². The molecule has 0 unspecified atom stereocenters. The zero-order valence-corrected chi connectivity index (χ0v) is 12.9. The van der Waals surface area contributed by atoms with Gasteiger partial charge >= 0.3 is 6.18 Å². The Bertz CT molecular complexity index is 410. The molecule has 1 aromatic carbocycles. The van der Waals surface area contributed by atoms with E-state index in [-0.39, 0.29) is 5.41 Å². The highest BCUT2D eigenvalue weighted by Gasteiger charge is 2.32. The van der Waals surface area contributed by atoms with Crippen molar-refractivity contribution >= 4 is 0 Å². The van der Waals surface area contributed by atoms with Crippen LogP contribution in [0.4, 0.5) is 13.2 Å². The maximum Gasteiger partial charge on any atom is 0.416 e. The summed E-state index contributed by atoms with van der Waals surface area (Å²) in [5.41, 5.74) is 0.695. The lowest BCUT2D eigenvalue weighted by atomic mass is 9.84. The predicted octanol–water partition coefficient (Wildman–Crippen LogP) is 4.50. The number of rotatable bonds is 4. The number of hydrogen-bond acceptors (Lipinski definition) is 1. The largest absolute Gasteiger partial charge is 0.416 e. The molecule has 0 aliphatic rings. The topological polar surface area (TPSA) is 3.24 Å². The van der Waals surface area contributed by atoms with Gasteiger partial charge in [-0.25, -0.2) is 0 Å². The SMILES string of the molecule is CN(C)CCCc1cc(C(C)(C)C)cc(C(F)(F)F)c1. The van der Waals surface area contributed by atoms with Crippen molar-refractivity contribution in [1.82, 2.24) is 4.90 Å². The third kappa shape index (κ3) is 5.16. The van der Waals surface area contributed by atoms with E-state index < -0.39 is 11.7 Å². The normalized spacial score (nSPS) is 13.1. The monoisotopic (exact) mass is 287 g/mol. The van der Waals surface area contributed by atoms with Gasteiger partial charge in [-0.05, 0) is 62.2 Å². The lowest BCUT2D eigenvalue weighted by Crippen LogP contribution is -2.16. The molecule has 0 bridgehead atoms. The van der Waals surface area contributed by atoms with Crippen molar-refractivity contribution in [2.24, 2.45) is 0 Å². The van der Waals surface area contributed by atoms with E-state index in [0.717, 1.165) is 24.1 Å². The van der Waals surface area contributed by atoms with Crippen molar-refractivity contribution in [3.63, 3.8) is 0 Å². The molecule has 0 aliphatic heterocycles. The molecule has 0 fully saturated rings. The third-order valence-electron chi connectivity index (χ3n) is 3.26. The molecular weight excluding hydrogens is 263 g/mol. The van der Waals surface area contributed by atoms with Gasteiger partial charge in [0.15, 0.2) is 0 Å². The molecule has 0 heterocycles. The molecule has 0 aromatic heterocycles. The molecule has 1 rings (SSSR count). The summed E-state index contributed by atoms with van der Waals surface area (Å²) >= 11 is 0. The first-order valence-electron chi connectivity index (χ1n) is 6.86. The van der Waals surface area contributed by atoms with E-state index >= 15 is 0 Å². The van der Waals surface area contributed by atoms with Crippen molar-refractivity contribution in [3.8, 4) is 0 Å². The van der Waals surface area contributed by atoms with Crippen LogP contribution in [-0.4, -0.2) is 25.5 Å². The Hall–Kier alpha value is -1.03. The average Bonchev–Trinajstić information content (AvgIpc) is 2.25. The van der Waals surface area contributed by atoms with Crippen LogP contribution in [0.25, 0.3) is 0 Å². The van der Waals surface area contributed by atoms with E-state index in [0.29, 0.717) is 6.42 Å². The zero-order chi connectivity index (χ0) is 15.6. The molecule has 0 saturated heterocycles. The van der Waals surface area contributed by atoms with Crippen LogP contribution in [0.2, 0.25) is 0 Å². The first-order chi connectivity index (χ1) is 9.00. The van der Waals surface area contributed by atoms with Gasteiger partial charge in [0.2, 0.25) is 0 Å². The van der Waals surface area contributed by atoms with Crippen LogP contribution in [0.15, 0.2) is 18.2 Å². The van der Waals surface area contributed by atoms with Crippen LogP contribution in [-0.2, 0) is 18.0 Å². The molecule has 0 spiro atoms. The molecule has 0 saturated carbocycles. The van der Waals surface area contributed by atoms with Crippen LogP contribution >= 0.6 is 0 Å². The highest BCUT2D eigenvalue weighted by Crippen LogP contribution is 2.34. The van der Waals surface area contributed by atoms with Crippen molar-refractivity contribution in [3.05, 3.63) is 34.9 Å². The van der Waals surface area contributed by atoms with E-state index in [1.807, 2.05) is 45.8 Å². The van der Waals surface area contributed by atoms with E-state index in [4.69, 9.17) is 0 Å². The minimum absolute atomic E-state index is 0.280. The molecule has 0 radical (unpaired) electrons. The summed E-state index contributed by atoms with van der Waals surface area (Å²) in [6.07, 6.45) is -2.75. The Kier molecular flexibility index (Phi) is 5.25. The van der Waals surface area contributed by atoms with Gasteiger partial charge in [-0.15, -0.1) is 0 Å². The fourth-order valence-electron chi connectivity index (χ4n) is 2.03. The second-order valence-electron chi connectivity index (χ2n) is 6.57. The highest BCUT2D eigenvalue weighted by molar-refractivity contribution is 5.35. The van der Waals surface area contributed by atoms with E-state index in [1.54, 1.807) is 0 Å². The lowest BCUT2D eigenvalue weighted by molar-refractivity contribution is -0.137. The van der Waals surface area contributed by atoms with Crippen LogP contribution in [0, 0.1) is 0 Å². The van der Waals surface area contributed by atoms with Gasteiger partial charge in [-0.1, -0.05) is 26.8 Å². The Morgan fingerprint density at radius 2 is 1.50 bits per heavy atom. The summed E-state index contributed by atoms with van der Waals surface area (Å²) in [7, 11) is 3.93. The fraction of sp³-hybridized carbons (Fsp3) is 0.625. The number of aryl methyl sites for hydroxylation is 1. The lowest BCUT2D eigenvalue weighted by Gasteiger charge is -2.22. The van der Waals surface area contributed by atoms with Crippen molar-refractivity contribution in [2.75, 3.05) is 20.6 Å². The summed E-state index contributed by atoms with van der Waals surface area (Å²) in [4.78, 5) is 2.04. The second kappa shape index (κ2) is 6.17. The van der Waals surface area contributed by atoms with Gasteiger partial charge < -0.3 is 4.90 Å². The maximum atomic E-state index is 13.0. The summed E-state index contributed by atoms with van der Waals surface area (Å²) < 4.78 is 38.9. The Balaban J connectivity index is 3.05. The van der Waals surface area contributed by atoms with Crippen molar-refractivity contribution in [2.45, 2.75) is 45.2 Å². The van der Waals surface area contributed by atoms with Crippen LogP contribution < -0.4 is 0 Å². The quantitative estimate of drug-likeness (QED) is 0.788. The molecule has 20 heavy (non-hydrogen) atoms. The average molecular weight is 287 g/mol. The van der Waals surface area contributed by atoms with E-state index in [1.165, 1.54) is 12.1 Å². The second-order valence-corrected chi connectivity index (χ2v) is 6.57. The summed E-state index contributed by atoms with van der Waals surface area (Å²) in [5.74, 6) is 0. The zero-order valence-electron chi connectivity index (χ0n) is 12.9. The van der Waals surface area contributed by atoms with Crippen LogP contribution in [0.3, 0.4) is 0 Å². The third-order valence-corrected chi connectivity index (χ3v) is 3.26. The molecule has 0 amide bonds. The Morgan fingerprint density at radius 3 is 1.95 bits per heavy atom. The van der Waals surface area contributed by atoms with Gasteiger partial charge in [0.1, 0.15) is 0 Å². The minimum Gasteiger partial charge on any atom is -0.309 e. The van der Waals surface area contributed by atoms with Crippen molar-refractivity contribution < 1.29 is 13.2 Å². The van der Waals surface area contributed by atoms with E-state index in [2.05, 4.69) is 0 Å². The number of hydrogen-bond donors (Lipinski definition) is 0. The number of benzene rings is 1. The first-order valence-corrected chi connectivity index (χ1v) is 6.86. The fourth-order valence-corrected chi connectivity index (χ4v) is 2.03. The molecule has 114 valence electrons. The Morgan fingerprint density at radius 1 is 0.950 bits per heavy atom. The maximum absolute atomic E-state index is 13.0. The van der Waals surface area contributed by atoms with Crippen LogP contribution in [0.5, 0.6) is 0 Å². The van der Waals surface area contributed by atoms with E-state index in [9.17, 15) is 13.2 Å². The van der Waals surface area contributed by atoms with Gasteiger partial charge in [0.25, 0.3) is 0 Å². The molecule has 1 aromatic rings. The summed E-state index contributed by atoms with van der Waals surface area (Å²) in [5, 5.41) is 0. The van der Waals surface area contributed by atoms with Gasteiger partial charge in [-0.3, -0.25) is 0 Å². The van der Waals surface area contributed by atoms with Gasteiger partial charge in [-0.2, -0.15) is 13.2 Å².